The van der Waals surface area contributed by atoms with Gasteiger partial charge >= 0.3 is 0 Å². The third kappa shape index (κ3) is 4.53. The lowest BCUT2D eigenvalue weighted by molar-refractivity contribution is -0.140. The molecule has 0 radical (unpaired) electrons. The summed E-state index contributed by atoms with van der Waals surface area (Å²) < 4.78 is 11.5. The zero-order chi connectivity index (χ0) is 24.1. The van der Waals surface area contributed by atoms with Crippen LogP contribution in [0, 0.1) is 0 Å². The zero-order valence-electron chi connectivity index (χ0n) is 19.2. The fourth-order valence-electron chi connectivity index (χ4n) is 4.16. The van der Waals surface area contributed by atoms with Crippen LogP contribution in [0.2, 0.25) is 0 Å². The molecule has 1 unspecified atom stereocenters. The minimum Gasteiger partial charge on any atom is -0.507 e. The third-order valence-electron chi connectivity index (χ3n) is 5.67. The highest BCUT2D eigenvalue weighted by atomic mass is 16.5. The van der Waals surface area contributed by atoms with Crippen molar-refractivity contribution in [2.45, 2.75) is 26.4 Å². The lowest BCUT2D eigenvalue weighted by Gasteiger charge is -2.26. The van der Waals surface area contributed by atoms with Gasteiger partial charge in [0.15, 0.2) is 11.5 Å². The number of hydrogen-bond donors (Lipinski definition) is 1. The van der Waals surface area contributed by atoms with E-state index in [4.69, 9.17) is 9.47 Å². The van der Waals surface area contributed by atoms with Crippen molar-refractivity contribution >= 4 is 17.4 Å². The Morgan fingerprint density at radius 2 is 1.47 bits per heavy atom. The van der Waals surface area contributed by atoms with Gasteiger partial charge in [0.1, 0.15) is 5.76 Å². The van der Waals surface area contributed by atoms with Crippen molar-refractivity contribution in [3.05, 3.63) is 101 Å². The van der Waals surface area contributed by atoms with E-state index in [0.29, 0.717) is 35.8 Å². The number of ketones is 1. The Kier molecular flexibility index (Phi) is 6.97. The molecule has 0 aliphatic carbocycles. The minimum absolute atomic E-state index is 0.0544. The predicted octanol–water partition coefficient (Wildman–Crippen LogP) is 5.11. The second-order valence-corrected chi connectivity index (χ2v) is 7.85. The number of aliphatic hydroxyl groups is 1. The zero-order valence-corrected chi connectivity index (χ0v) is 19.2. The second kappa shape index (κ2) is 10.3. The Balaban J connectivity index is 1.87. The molecule has 34 heavy (non-hydrogen) atoms. The van der Waals surface area contributed by atoms with E-state index in [2.05, 4.69) is 0 Å². The lowest BCUT2D eigenvalue weighted by Crippen LogP contribution is -2.29. The van der Waals surface area contributed by atoms with Crippen LogP contribution in [0.4, 0.5) is 0 Å². The number of rotatable bonds is 8. The molecule has 1 amide bonds. The number of hydrogen-bond acceptors (Lipinski definition) is 5. The molecule has 1 atom stereocenters. The number of amides is 1. The van der Waals surface area contributed by atoms with Crippen molar-refractivity contribution in [3.8, 4) is 11.5 Å². The molecule has 0 spiro atoms. The van der Waals surface area contributed by atoms with E-state index in [1.54, 1.807) is 42.5 Å². The molecule has 3 aromatic carbocycles. The molecule has 0 bridgehead atoms. The predicted molar refractivity (Wildman–Crippen MR) is 130 cm³/mol. The van der Waals surface area contributed by atoms with E-state index < -0.39 is 17.7 Å². The van der Waals surface area contributed by atoms with Crippen LogP contribution in [-0.4, -0.2) is 34.9 Å². The molecular formula is C28H27NO5. The first-order valence-corrected chi connectivity index (χ1v) is 11.3. The minimum atomic E-state index is -0.782. The molecule has 4 rings (SSSR count). The maximum Gasteiger partial charge on any atom is 0.295 e. The van der Waals surface area contributed by atoms with Gasteiger partial charge < -0.3 is 19.5 Å². The highest BCUT2D eigenvalue weighted by Crippen LogP contribution is 2.42. The molecule has 6 heteroatoms. The highest BCUT2D eigenvalue weighted by molar-refractivity contribution is 6.46. The Labute approximate surface area is 199 Å². The normalized spacial score (nSPS) is 17.1. The van der Waals surface area contributed by atoms with Crippen LogP contribution in [0.1, 0.15) is 36.6 Å². The number of carbonyl (C=O) groups is 2. The fourth-order valence-corrected chi connectivity index (χ4v) is 4.16. The van der Waals surface area contributed by atoms with Gasteiger partial charge in [-0.25, -0.2) is 0 Å². The van der Waals surface area contributed by atoms with E-state index in [0.717, 1.165) is 5.56 Å². The molecule has 0 aromatic heterocycles. The van der Waals surface area contributed by atoms with Crippen LogP contribution in [0.15, 0.2) is 84.4 Å². The van der Waals surface area contributed by atoms with Gasteiger partial charge in [0.2, 0.25) is 0 Å². The van der Waals surface area contributed by atoms with Crippen LogP contribution in [-0.2, 0) is 16.1 Å². The van der Waals surface area contributed by atoms with Gasteiger partial charge in [-0.15, -0.1) is 0 Å². The van der Waals surface area contributed by atoms with E-state index in [1.807, 2.05) is 50.2 Å². The lowest BCUT2D eigenvalue weighted by atomic mass is 9.95. The van der Waals surface area contributed by atoms with Crippen LogP contribution in [0.5, 0.6) is 11.5 Å². The summed E-state index contributed by atoms with van der Waals surface area (Å²) in [6.45, 7) is 4.88. The van der Waals surface area contributed by atoms with Gasteiger partial charge in [-0.2, -0.15) is 0 Å². The Morgan fingerprint density at radius 1 is 0.853 bits per heavy atom. The molecule has 1 aliphatic rings. The van der Waals surface area contributed by atoms with Crippen molar-refractivity contribution in [1.29, 1.82) is 0 Å². The van der Waals surface area contributed by atoms with Crippen LogP contribution in [0.25, 0.3) is 5.76 Å². The number of carbonyl (C=O) groups excluding carboxylic acids is 2. The highest BCUT2D eigenvalue weighted by Gasteiger charge is 2.46. The summed E-state index contributed by atoms with van der Waals surface area (Å²) in [6, 6.07) is 22.8. The van der Waals surface area contributed by atoms with E-state index >= 15 is 0 Å². The molecule has 1 heterocycles. The van der Waals surface area contributed by atoms with Crippen molar-refractivity contribution in [2.24, 2.45) is 0 Å². The quantitative estimate of drug-likeness (QED) is 0.289. The molecular weight excluding hydrogens is 430 g/mol. The van der Waals surface area contributed by atoms with Crippen molar-refractivity contribution in [2.75, 3.05) is 13.2 Å². The fraction of sp³-hybridized carbons (Fsp3) is 0.214. The number of nitrogens with zero attached hydrogens (tertiary/aromatic N) is 1. The number of Topliss-reactive ketones (excluding diaryl/α,β-unsaturated/α-hetero) is 1. The van der Waals surface area contributed by atoms with E-state index in [9.17, 15) is 14.7 Å². The first kappa shape index (κ1) is 23.1. The average Bonchev–Trinajstić information content (AvgIpc) is 3.11. The molecule has 1 N–H and O–H groups in total. The number of benzene rings is 3. The monoisotopic (exact) mass is 457 g/mol. The van der Waals surface area contributed by atoms with Gasteiger partial charge in [0.25, 0.3) is 11.7 Å². The maximum absolute atomic E-state index is 13.2. The summed E-state index contributed by atoms with van der Waals surface area (Å²) in [4.78, 5) is 27.9. The Hall–Kier alpha value is -4.06. The van der Waals surface area contributed by atoms with Gasteiger partial charge in [0.05, 0.1) is 24.8 Å². The molecule has 1 saturated heterocycles. The summed E-state index contributed by atoms with van der Waals surface area (Å²) in [7, 11) is 0. The van der Waals surface area contributed by atoms with E-state index in [-0.39, 0.29) is 17.9 Å². The SMILES string of the molecule is CCOc1ccc(C2/C(=C(\O)c3ccccc3)C(=O)C(=O)N2Cc2ccccc2)cc1OCC. The summed E-state index contributed by atoms with van der Waals surface area (Å²) in [5.74, 6) is -0.471. The second-order valence-electron chi connectivity index (χ2n) is 7.85. The van der Waals surface area contributed by atoms with Gasteiger partial charge in [-0.3, -0.25) is 9.59 Å². The molecule has 1 aliphatic heterocycles. The largest absolute Gasteiger partial charge is 0.507 e. The van der Waals surface area contributed by atoms with Crippen LogP contribution < -0.4 is 9.47 Å². The first-order chi connectivity index (χ1) is 16.5. The topological polar surface area (TPSA) is 76.1 Å². The van der Waals surface area contributed by atoms with Crippen molar-refractivity contribution in [1.82, 2.24) is 4.90 Å². The summed E-state index contributed by atoms with van der Waals surface area (Å²) in [5.41, 5.74) is 2.06. The molecule has 174 valence electrons. The molecule has 0 saturated carbocycles. The molecule has 1 fully saturated rings. The van der Waals surface area contributed by atoms with Gasteiger partial charge in [-0.1, -0.05) is 66.7 Å². The van der Waals surface area contributed by atoms with Crippen molar-refractivity contribution < 1.29 is 24.2 Å². The first-order valence-electron chi connectivity index (χ1n) is 11.3. The third-order valence-corrected chi connectivity index (χ3v) is 5.67. The standard InChI is InChI=1S/C28H27NO5/c1-3-33-22-16-15-21(17-23(22)34-4-2)25-24(26(30)20-13-9-6-10-14-20)27(31)28(32)29(25)18-19-11-7-5-8-12-19/h5-17,25,30H,3-4,18H2,1-2H3/b26-24+. The molecule has 6 nitrogen and oxygen atoms in total. The van der Waals surface area contributed by atoms with Gasteiger partial charge in [0, 0.05) is 12.1 Å². The average molecular weight is 458 g/mol. The maximum atomic E-state index is 13.2. The molecule has 3 aromatic rings. The summed E-state index contributed by atoms with van der Waals surface area (Å²) in [6.07, 6.45) is 0. The van der Waals surface area contributed by atoms with Gasteiger partial charge in [-0.05, 0) is 37.1 Å². The summed E-state index contributed by atoms with van der Waals surface area (Å²) >= 11 is 0. The Morgan fingerprint density at radius 3 is 2.12 bits per heavy atom. The smallest absolute Gasteiger partial charge is 0.295 e. The van der Waals surface area contributed by atoms with Crippen LogP contribution >= 0.6 is 0 Å². The number of likely N-dealkylation sites (tertiary alicyclic amines) is 1. The number of ether oxygens (including phenoxy) is 2. The Bertz CT molecular complexity index is 1200. The number of aliphatic hydroxyl groups excluding tert-OH is 1. The van der Waals surface area contributed by atoms with Crippen molar-refractivity contribution in [3.63, 3.8) is 0 Å². The van der Waals surface area contributed by atoms with Crippen LogP contribution in [0.3, 0.4) is 0 Å². The van der Waals surface area contributed by atoms with E-state index in [1.165, 1.54) is 4.90 Å². The summed E-state index contributed by atoms with van der Waals surface area (Å²) in [5, 5.41) is 11.2.